The molecule has 0 spiro atoms. The van der Waals surface area contributed by atoms with Crippen molar-refractivity contribution < 1.29 is 0 Å². The summed E-state index contributed by atoms with van der Waals surface area (Å²) in [5, 5.41) is 3.29. The van der Waals surface area contributed by atoms with Crippen LogP contribution in [0.3, 0.4) is 0 Å². The monoisotopic (exact) mass is 253 g/mol. The lowest BCUT2D eigenvalue weighted by molar-refractivity contribution is 0.748. The summed E-state index contributed by atoms with van der Waals surface area (Å²) in [7, 11) is 0. The zero-order valence-corrected chi connectivity index (χ0v) is 11.5. The summed E-state index contributed by atoms with van der Waals surface area (Å²) >= 11 is 0. The van der Waals surface area contributed by atoms with Crippen molar-refractivity contribution >= 4 is 5.82 Å². The molecular formula is C16H19N3. The van der Waals surface area contributed by atoms with Gasteiger partial charge in [0.15, 0.2) is 0 Å². The molecule has 1 aliphatic rings. The molecule has 3 nitrogen and oxygen atoms in total. The minimum absolute atomic E-state index is 0.0530. The van der Waals surface area contributed by atoms with Crippen molar-refractivity contribution in [1.82, 2.24) is 9.97 Å². The van der Waals surface area contributed by atoms with Crippen molar-refractivity contribution in [2.45, 2.75) is 32.1 Å². The van der Waals surface area contributed by atoms with Gasteiger partial charge < -0.3 is 5.32 Å². The van der Waals surface area contributed by atoms with E-state index in [0.717, 1.165) is 36.7 Å². The van der Waals surface area contributed by atoms with Crippen molar-refractivity contribution in [3.8, 4) is 0 Å². The molecular weight excluding hydrogens is 234 g/mol. The third-order valence-electron chi connectivity index (χ3n) is 3.72. The summed E-state index contributed by atoms with van der Waals surface area (Å²) in [6, 6.07) is 12.6. The van der Waals surface area contributed by atoms with E-state index in [1.165, 1.54) is 5.56 Å². The summed E-state index contributed by atoms with van der Waals surface area (Å²) < 4.78 is 0. The molecule has 98 valence electrons. The smallest absolute Gasteiger partial charge is 0.141 e. The van der Waals surface area contributed by atoms with E-state index in [2.05, 4.69) is 47.6 Å². The van der Waals surface area contributed by atoms with Crippen LogP contribution in [0.25, 0.3) is 0 Å². The Hall–Kier alpha value is -1.90. The zero-order chi connectivity index (χ0) is 13.3. The van der Waals surface area contributed by atoms with Gasteiger partial charge in [0.1, 0.15) is 11.6 Å². The lowest BCUT2D eigenvalue weighted by Crippen LogP contribution is -2.15. The van der Waals surface area contributed by atoms with Gasteiger partial charge in [-0.2, -0.15) is 0 Å². The topological polar surface area (TPSA) is 37.8 Å². The van der Waals surface area contributed by atoms with Crippen molar-refractivity contribution in [2.24, 2.45) is 0 Å². The standard InChI is InChI=1S/C16H19N3/c1-3-17-14-11-12(2)18-15(19-14)16(9-10-16)13-7-5-4-6-8-13/h4-8,11H,3,9-10H2,1-2H3,(H,17,18,19). The highest BCUT2D eigenvalue weighted by atomic mass is 15.0. The number of benzene rings is 1. The van der Waals surface area contributed by atoms with Crippen LogP contribution in [-0.4, -0.2) is 16.5 Å². The highest BCUT2D eigenvalue weighted by molar-refractivity contribution is 5.43. The first-order valence-electron chi connectivity index (χ1n) is 6.90. The number of aromatic nitrogens is 2. The Kier molecular flexibility index (Phi) is 2.97. The van der Waals surface area contributed by atoms with Gasteiger partial charge in [-0.25, -0.2) is 9.97 Å². The van der Waals surface area contributed by atoms with Crippen molar-refractivity contribution in [3.05, 3.63) is 53.5 Å². The number of anilines is 1. The van der Waals surface area contributed by atoms with E-state index in [4.69, 9.17) is 4.98 Å². The van der Waals surface area contributed by atoms with Gasteiger partial charge in [-0.05, 0) is 32.3 Å². The number of hydrogen-bond acceptors (Lipinski definition) is 3. The molecule has 0 bridgehead atoms. The lowest BCUT2D eigenvalue weighted by atomic mass is 9.95. The molecule has 1 aromatic carbocycles. The molecule has 1 saturated carbocycles. The predicted octanol–water partition coefficient (Wildman–Crippen LogP) is 3.30. The fourth-order valence-corrected chi connectivity index (χ4v) is 2.58. The molecule has 0 saturated heterocycles. The van der Waals surface area contributed by atoms with E-state index in [1.54, 1.807) is 0 Å². The number of nitrogens with one attached hydrogen (secondary N) is 1. The summed E-state index contributed by atoms with van der Waals surface area (Å²) in [5.41, 5.74) is 2.42. The van der Waals surface area contributed by atoms with Gasteiger partial charge in [-0.15, -0.1) is 0 Å². The average molecular weight is 253 g/mol. The molecule has 1 aliphatic carbocycles. The van der Waals surface area contributed by atoms with Crippen molar-refractivity contribution in [3.63, 3.8) is 0 Å². The van der Waals surface area contributed by atoms with Crippen molar-refractivity contribution in [1.29, 1.82) is 0 Å². The van der Waals surface area contributed by atoms with Gasteiger partial charge in [-0.1, -0.05) is 30.3 Å². The predicted molar refractivity (Wildman–Crippen MR) is 77.4 cm³/mol. The molecule has 1 fully saturated rings. The first kappa shape index (κ1) is 12.2. The molecule has 19 heavy (non-hydrogen) atoms. The maximum Gasteiger partial charge on any atom is 0.141 e. The summed E-state index contributed by atoms with van der Waals surface area (Å²) in [6.07, 6.45) is 2.29. The largest absolute Gasteiger partial charge is 0.370 e. The van der Waals surface area contributed by atoms with Gasteiger partial charge in [0.2, 0.25) is 0 Å². The minimum Gasteiger partial charge on any atom is -0.370 e. The molecule has 3 rings (SSSR count). The Labute approximate surface area is 114 Å². The molecule has 0 radical (unpaired) electrons. The normalized spacial score (nSPS) is 16.1. The summed E-state index contributed by atoms with van der Waals surface area (Å²) in [4.78, 5) is 9.39. The second kappa shape index (κ2) is 4.65. The van der Waals surface area contributed by atoms with E-state index < -0.39 is 0 Å². The van der Waals surface area contributed by atoms with Crippen molar-refractivity contribution in [2.75, 3.05) is 11.9 Å². The van der Waals surface area contributed by atoms with Gasteiger partial charge in [0.25, 0.3) is 0 Å². The Bertz CT molecular complexity index is 574. The number of nitrogens with zero attached hydrogens (tertiary/aromatic N) is 2. The van der Waals surface area contributed by atoms with E-state index in [-0.39, 0.29) is 5.41 Å². The summed E-state index contributed by atoms with van der Waals surface area (Å²) in [6.45, 7) is 5.00. The van der Waals surface area contributed by atoms with E-state index in [0.29, 0.717) is 0 Å². The molecule has 1 heterocycles. The van der Waals surface area contributed by atoms with Gasteiger partial charge in [-0.3, -0.25) is 0 Å². The zero-order valence-electron chi connectivity index (χ0n) is 11.5. The molecule has 0 atom stereocenters. The molecule has 0 amide bonds. The highest BCUT2D eigenvalue weighted by Gasteiger charge is 2.48. The van der Waals surface area contributed by atoms with Gasteiger partial charge in [0.05, 0.1) is 5.41 Å². The quantitative estimate of drug-likeness (QED) is 0.908. The summed E-state index contributed by atoms with van der Waals surface area (Å²) in [5.74, 6) is 1.90. The van der Waals surface area contributed by atoms with Crippen LogP contribution in [0.1, 0.15) is 36.8 Å². The van der Waals surface area contributed by atoms with Crippen LogP contribution >= 0.6 is 0 Å². The maximum absolute atomic E-state index is 4.71. The minimum atomic E-state index is 0.0530. The lowest BCUT2D eigenvalue weighted by Gasteiger charge is -2.16. The van der Waals surface area contributed by atoms with Crippen LogP contribution in [-0.2, 0) is 5.41 Å². The number of rotatable bonds is 4. The van der Waals surface area contributed by atoms with E-state index >= 15 is 0 Å². The molecule has 2 aromatic rings. The number of aryl methyl sites for hydroxylation is 1. The van der Waals surface area contributed by atoms with E-state index in [1.807, 2.05) is 13.0 Å². The van der Waals surface area contributed by atoms with Gasteiger partial charge >= 0.3 is 0 Å². The third-order valence-corrected chi connectivity index (χ3v) is 3.72. The van der Waals surface area contributed by atoms with Crippen LogP contribution < -0.4 is 5.32 Å². The maximum atomic E-state index is 4.71. The second-order valence-corrected chi connectivity index (χ2v) is 5.20. The van der Waals surface area contributed by atoms with E-state index in [9.17, 15) is 0 Å². The molecule has 1 N–H and O–H groups in total. The van der Waals surface area contributed by atoms with Crippen LogP contribution in [0.4, 0.5) is 5.82 Å². The SMILES string of the molecule is CCNc1cc(C)nc(C2(c3ccccc3)CC2)n1. The highest BCUT2D eigenvalue weighted by Crippen LogP contribution is 2.52. The molecule has 3 heteroatoms. The molecule has 1 aromatic heterocycles. The molecule has 0 aliphatic heterocycles. The Morgan fingerprint density at radius 2 is 1.89 bits per heavy atom. The van der Waals surface area contributed by atoms with Crippen LogP contribution in [0.15, 0.2) is 36.4 Å². The average Bonchev–Trinajstić information content (AvgIpc) is 3.21. The third kappa shape index (κ3) is 2.21. The second-order valence-electron chi connectivity index (χ2n) is 5.20. The first-order chi connectivity index (χ1) is 9.24. The van der Waals surface area contributed by atoms with Crippen LogP contribution in [0.2, 0.25) is 0 Å². The fourth-order valence-electron chi connectivity index (χ4n) is 2.58. The fraction of sp³-hybridized carbons (Fsp3) is 0.375. The van der Waals surface area contributed by atoms with Gasteiger partial charge in [0, 0.05) is 18.3 Å². The first-order valence-corrected chi connectivity index (χ1v) is 6.90. The molecule has 0 unspecified atom stereocenters. The Morgan fingerprint density at radius 1 is 1.16 bits per heavy atom. The Morgan fingerprint density at radius 3 is 2.53 bits per heavy atom. The number of hydrogen-bond donors (Lipinski definition) is 1. The van der Waals surface area contributed by atoms with Crippen LogP contribution in [0, 0.1) is 6.92 Å². The van der Waals surface area contributed by atoms with Crippen LogP contribution in [0.5, 0.6) is 0 Å². The Balaban J connectivity index is 2.02.